The molecule has 8 heteroatoms. The standard InChI is InChI=1S/C14H11F3N2O3/c1-21-13(20)10-6-7-19-12(18)11(10)8-2-4-9(5-3-8)22-14(15,16)17/h2-7H,1H3,(H2,18,19). The van der Waals surface area contributed by atoms with E-state index < -0.39 is 12.3 Å². The number of pyridine rings is 1. The van der Waals surface area contributed by atoms with Gasteiger partial charge in [0, 0.05) is 11.8 Å². The highest BCUT2D eigenvalue weighted by atomic mass is 19.4. The molecule has 0 saturated heterocycles. The fourth-order valence-electron chi connectivity index (χ4n) is 1.88. The summed E-state index contributed by atoms with van der Waals surface area (Å²) in [6, 6.07) is 6.35. The van der Waals surface area contributed by atoms with Gasteiger partial charge in [0.1, 0.15) is 11.6 Å². The second kappa shape index (κ2) is 5.92. The van der Waals surface area contributed by atoms with Crippen LogP contribution in [0.1, 0.15) is 10.4 Å². The molecule has 0 amide bonds. The maximum Gasteiger partial charge on any atom is 0.573 e. The van der Waals surface area contributed by atoms with Gasteiger partial charge in [-0.25, -0.2) is 9.78 Å². The molecule has 0 bridgehead atoms. The summed E-state index contributed by atoms with van der Waals surface area (Å²) in [6.07, 6.45) is -3.43. The maximum absolute atomic E-state index is 12.1. The molecule has 1 aromatic carbocycles. The van der Waals surface area contributed by atoms with Crippen LogP contribution in [0.5, 0.6) is 5.75 Å². The molecule has 0 aliphatic heterocycles. The molecule has 0 saturated carbocycles. The molecule has 5 nitrogen and oxygen atoms in total. The molecule has 22 heavy (non-hydrogen) atoms. The summed E-state index contributed by atoms with van der Waals surface area (Å²) >= 11 is 0. The van der Waals surface area contributed by atoms with Crippen molar-refractivity contribution in [2.75, 3.05) is 12.8 Å². The minimum Gasteiger partial charge on any atom is -0.465 e. The van der Waals surface area contributed by atoms with Crippen molar-refractivity contribution in [3.8, 4) is 16.9 Å². The van der Waals surface area contributed by atoms with Crippen molar-refractivity contribution in [1.29, 1.82) is 0 Å². The third-order valence-electron chi connectivity index (χ3n) is 2.76. The average molecular weight is 312 g/mol. The number of nitrogen functional groups attached to an aromatic ring is 1. The number of hydrogen-bond donors (Lipinski definition) is 1. The molecular formula is C14H11F3N2O3. The van der Waals surface area contributed by atoms with E-state index in [0.29, 0.717) is 5.56 Å². The number of rotatable bonds is 3. The number of ether oxygens (including phenoxy) is 2. The molecule has 116 valence electrons. The van der Waals surface area contributed by atoms with Gasteiger partial charge in [-0.15, -0.1) is 13.2 Å². The number of anilines is 1. The van der Waals surface area contributed by atoms with Crippen LogP contribution in [-0.4, -0.2) is 24.4 Å². The zero-order valence-electron chi connectivity index (χ0n) is 11.3. The van der Waals surface area contributed by atoms with Crippen molar-refractivity contribution < 1.29 is 27.4 Å². The van der Waals surface area contributed by atoms with E-state index in [0.717, 1.165) is 12.1 Å². The van der Waals surface area contributed by atoms with Gasteiger partial charge in [0.15, 0.2) is 0 Å². The Morgan fingerprint density at radius 3 is 2.36 bits per heavy atom. The number of esters is 1. The van der Waals surface area contributed by atoms with E-state index in [2.05, 4.69) is 14.5 Å². The van der Waals surface area contributed by atoms with Gasteiger partial charge >= 0.3 is 12.3 Å². The van der Waals surface area contributed by atoms with Gasteiger partial charge in [-0.2, -0.15) is 0 Å². The number of alkyl halides is 3. The van der Waals surface area contributed by atoms with Gasteiger partial charge in [-0.3, -0.25) is 0 Å². The third-order valence-corrected chi connectivity index (χ3v) is 2.76. The summed E-state index contributed by atoms with van der Waals surface area (Å²) in [4.78, 5) is 15.6. The number of halogens is 3. The highest BCUT2D eigenvalue weighted by molar-refractivity contribution is 5.99. The lowest BCUT2D eigenvalue weighted by Crippen LogP contribution is -2.17. The normalized spacial score (nSPS) is 11.1. The molecule has 1 aromatic heterocycles. The molecule has 0 aliphatic carbocycles. The van der Waals surface area contributed by atoms with Crippen LogP contribution in [0.3, 0.4) is 0 Å². The zero-order valence-corrected chi connectivity index (χ0v) is 11.3. The Morgan fingerprint density at radius 2 is 1.82 bits per heavy atom. The number of carbonyl (C=O) groups excluding carboxylic acids is 1. The van der Waals surface area contributed by atoms with E-state index >= 15 is 0 Å². The number of aromatic nitrogens is 1. The molecule has 1 heterocycles. The maximum atomic E-state index is 12.1. The average Bonchev–Trinajstić information content (AvgIpc) is 2.45. The zero-order chi connectivity index (χ0) is 16.3. The molecule has 0 atom stereocenters. The summed E-state index contributed by atoms with van der Waals surface area (Å²) in [5.41, 5.74) is 6.62. The number of benzene rings is 1. The summed E-state index contributed by atoms with van der Waals surface area (Å²) in [5, 5.41) is 0. The monoisotopic (exact) mass is 312 g/mol. The van der Waals surface area contributed by atoms with E-state index in [1.165, 1.54) is 31.5 Å². The first-order valence-corrected chi connectivity index (χ1v) is 6.01. The van der Waals surface area contributed by atoms with Gasteiger partial charge in [0.25, 0.3) is 0 Å². The smallest absolute Gasteiger partial charge is 0.465 e. The summed E-state index contributed by atoms with van der Waals surface area (Å²) in [5.74, 6) is -0.939. The number of methoxy groups -OCH3 is 1. The van der Waals surface area contributed by atoms with E-state index in [-0.39, 0.29) is 22.7 Å². The fraction of sp³-hybridized carbons (Fsp3) is 0.143. The van der Waals surface area contributed by atoms with Crippen molar-refractivity contribution in [3.05, 3.63) is 42.1 Å². The van der Waals surface area contributed by atoms with E-state index in [9.17, 15) is 18.0 Å². The van der Waals surface area contributed by atoms with Gasteiger partial charge in [-0.1, -0.05) is 12.1 Å². The number of carbonyl (C=O) groups is 1. The minimum absolute atomic E-state index is 0.0624. The molecule has 2 aromatic rings. The Morgan fingerprint density at radius 1 is 1.18 bits per heavy atom. The SMILES string of the molecule is COC(=O)c1ccnc(N)c1-c1ccc(OC(F)(F)F)cc1. The Hall–Kier alpha value is -2.77. The van der Waals surface area contributed by atoms with Crippen LogP contribution in [0.15, 0.2) is 36.5 Å². The first-order chi connectivity index (χ1) is 10.3. The van der Waals surface area contributed by atoms with E-state index in [1.807, 2.05) is 0 Å². The molecule has 2 rings (SSSR count). The lowest BCUT2D eigenvalue weighted by Gasteiger charge is -2.12. The van der Waals surface area contributed by atoms with Crippen LogP contribution in [0.4, 0.5) is 19.0 Å². The first kappa shape index (κ1) is 15.6. The van der Waals surface area contributed by atoms with Crippen LogP contribution < -0.4 is 10.5 Å². The van der Waals surface area contributed by atoms with Gasteiger partial charge in [0.2, 0.25) is 0 Å². The lowest BCUT2D eigenvalue weighted by molar-refractivity contribution is -0.274. The molecule has 0 spiro atoms. The van der Waals surface area contributed by atoms with Crippen LogP contribution in [-0.2, 0) is 4.74 Å². The van der Waals surface area contributed by atoms with Gasteiger partial charge in [0.05, 0.1) is 12.7 Å². The highest BCUT2D eigenvalue weighted by Crippen LogP contribution is 2.31. The Bertz CT molecular complexity index is 685. The number of nitrogens with zero attached hydrogens (tertiary/aromatic N) is 1. The fourth-order valence-corrected chi connectivity index (χ4v) is 1.88. The second-order valence-electron chi connectivity index (χ2n) is 4.18. The molecule has 2 N–H and O–H groups in total. The molecule has 0 fully saturated rings. The van der Waals surface area contributed by atoms with Crippen LogP contribution in [0.25, 0.3) is 11.1 Å². The predicted octanol–water partition coefficient (Wildman–Crippen LogP) is 3.02. The van der Waals surface area contributed by atoms with Crippen molar-refractivity contribution in [1.82, 2.24) is 4.98 Å². The Balaban J connectivity index is 2.42. The van der Waals surface area contributed by atoms with Crippen molar-refractivity contribution in [3.63, 3.8) is 0 Å². The van der Waals surface area contributed by atoms with E-state index in [1.54, 1.807) is 0 Å². The topological polar surface area (TPSA) is 74.4 Å². The number of nitrogens with two attached hydrogens (primary N) is 1. The van der Waals surface area contributed by atoms with Crippen LogP contribution >= 0.6 is 0 Å². The summed E-state index contributed by atoms with van der Waals surface area (Å²) in [6.45, 7) is 0. The third kappa shape index (κ3) is 3.46. The first-order valence-electron chi connectivity index (χ1n) is 6.01. The number of hydrogen-bond acceptors (Lipinski definition) is 5. The second-order valence-corrected chi connectivity index (χ2v) is 4.18. The molecule has 0 aliphatic rings. The van der Waals surface area contributed by atoms with Crippen LogP contribution in [0.2, 0.25) is 0 Å². The van der Waals surface area contributed by atoms with Crippen molar-refractivity contribution in [2.24, 2.45) is 0 Å². The molecular weight excluding hydrogens is 301 g/mol. The molecule has 0 radical (unpaired) electrons. The van der Waals surface area contributed by atoms with Crippen molar-refractivity contribution >= 4 is 11.8 Å². The van der Waals surface area contributed by atoms with Gasteiger partial charge < -0.3 is 15.2 Å². The van der Waals surface area contributed by atoms with Crippen LogP contribution in [0, 0.1) is 0 Å². The predicted molar refractivity (Wildman–Crippen MR) is 72.1 cm³/mol. The molecule has 0 unspecified atom stereocenters. The highest BCUT2D eigenvalue weighted by Gasteiger charge is 2.31. The Kier molecular flexibility index (Phi) is 4.20. The van der Waals surface area contributed by atoms with Gasteiger partial charge in [-0.05, 0) is 23.8 Å². The Labute approximate surface area is 123 Å². The van der Waals surface area contributed by atoms with E-state index in [4.69, 9.17) is 5.73 Å². The minimum atomic E-state index is -4.77. The van der Waals surface area contributed by atoms with Crippen molar-refractivity contribution in [2.45, 2.75) is 6.36 Å². The summed E-state index contributed by atoms with van der Waals surface area (Å²) in [7, 11) is 1.21. The summed E-state index contributed by atoms with van der Waals surface area (Å²) < 4.78 is 44.8. The largest absolute Gasteiger partial charge is 0.573 e. The lowest BCUT2D eigenvalue weighted by atomic mass is 10.0. The quantitative estimate of drug-likeness (QED) is 0.882.